The summed E-state index contributed by atoms with van der Waals surface area (Å²) >= 11 is 0. The second kappa shape index (κ2) is 13.1. The van der Waals surface area contributed by atoms with E-state index in [-0.39, 0.29) is 26.1 Å². The predicted octanol–water partition coefficient (Wildman–Crippen LogP) is 2.18. The standard InChI is InChI=1S/C27H36O12/c1-32-17-7-15(8-18(33-2)24(17)36-5)13-38-21-11-27(31,26(29)30)12-22(23(21)28)39-14-16-9-19(34-3)25(37-6)20(10-16)35-4/h7-10,21-23,28,31H,11-14H2,1-6H3,(H,29,30)/t21-,22-,23?,27?/m1/s1. The lowest BCUT2D eigenvalue weighted by atomic mass is 9.79. The van der Waals surface area contributed by atoms with Crippen LogP contribution < -0.4 is 28.4 Å². The number of hydrogen-bond donors (Lipinski definition) is 3. The molecule has 1 fully saturated rings. The van der Waals surface area contributed by atoms with Crippen LogP contribution in [0.5, 0.6) is 34.5 Å². The van der Waals surface area contributed by atoms with Gasteiger partial charge in [0, 0.05) is 12.8 Å². The Hall–Kier alpha value is -3.45. The van der Waals surface area contributed by atoms with E-state index in [1.807, 2.05) is 0 Å². The number of aliphatic hydroxyl groups excluding tert-OH is 1. The van der Waals surface area contributed by atoms with Crippen molar-refractivity contribution < 1.29 is 58.0 Å². The molecule has 1 saturated carbocycles. The predicted molar refractivity (Wildman–Crippen MR) is 137 cm³/mol. The Morgan fingerprint density at radius 1 is 0.718 bits per heavy atom. The number of benzene rings is 2. The van der Waals surface area contributed by atoms with Gasteiger partial charge in [0.05, 0.1) is 68.1 Å². The molecule has 0 bridgehead atoms. The number of carboxylic acid groups (broad SMARTS) is 1. The molecule has 0 heterocycles. The maximum atomic E-state index is 12.0. The lowest BCUT2D eigenvalue weighted by Gasteiger charge is -2.41. The monoisotopic (exact) mass is 552 g/mol. The molecule has 3 N–H and O–H groups in total. The summed E-state index contributed by atoms with van der Waals surface area (Å²) in [6, 6.07) is 6.72. The fourth-order valence-electron chi connectivity index (χ4n) is 4.56. The maximum absolute atomic E-state index is 12.0. The van der Waals surface area contributed by atoms with Gasteiger partial charge in [-0.2, -0.15) is 0 Å². The van der Waals surface area contributed by atoms with Crippen molar-refractivity contribution in [3.05, 3.63) is 35.4 Å². The van der Waals surface area contributed by atoms with Crippen molar-refractivity contribution in [1.29, 1.82) is 0 Å². The third kappa shape index (κ3) is 6.59. The number of carboxylic acids is 1. The van der Waals surface area contributed by atoms with Crippen molar-refractivity contribution in [2.24, 2.45) is 0 Å². The van der Waals surface area contributed by atoms with E-state index in [0.29, 0.717) is 45.6 Å². The normalized spacial score (nSPS) is 22.6. The molecule has 0 aliphatic heterocycles. The van der Waals surface area contributed by atoms with Gasteiger partial charge in [0.1, 0.15) is 6.10 Å². The summed E-state index contributed by atoms with van der Waals surface area (Å²) < 4.78 is 44.0. The van der Waals surface area contributed by atoms with Crippen LogP contribution in [0.15, 0.2) is 24.3 Å². The Morgan fingerprint density at radius 2 is 1.05 bits per heavy atom. The van der Waals surface area contributed by atoms with Crippen LogP contribution in [0.1, 0.15) is 24.0 Å². The molecule has 39 heavy (non-hydrogen) atoms. The third-order valence-corrected chi connectivity index (χ3v) is 6.61. The zero-order chi connectivity index (χ0) is 28.7. The van der Waals surface area contributed by atoms with E-state index in [1.54, 1.807) is 24.3 Å². The summed E-state index contributed by atoms with van der Waals surface area (Å²) in [5.74, 6) is 1.02. The first-order chi connectivity index (χ1) is 18.6. The number of carbonyl (C=O) groups is 1. The van der Waals surface area contributed by atoms with Crippen molar-refractivity contribution in [2.75, 3.05) is 42.7 Å². The molecule has 2 aromatic carbocycles. The van der Waals surface area contributed by atoms with Gasteiger partial charge in [-0.15, -0.1) is 0 Å². The van der Waals surface area contributed by atoms with Crippen LogP contribution in [0.3, 0.4) is 0 Å². The van der Waals surface area contributed by atoms with Crippen LogP contribution >= 0.6 is 0 Å². The molecule has 216 valence electrons. The van der Waals surface area contributed by atoms with E-state index in [1.165, 1.54) is 42.7 Å². The lowest BCUT2D eigenvalue weighted by molar-refractivity contribution is -0.205. The molecule has 2 aromatic rings. The first kappa shape index (κ1) is 30.1. The van der Waals surface area contributed by atoms with Crippen molar-refractivity contribution in [3.63, 3.8) is 0 Å². The number of aliphatic hydroxyl groups is 2. The topological polar surface area (TPSA) is 152 Å². The van der Waals surface area contributed by atoms with Gasteiger partial charge >= 0.3 is 5.97 Å². The molecule has 0 radical (unpaired) electrons. The van der Waals surface area contributed by atoms with Crippen LogP contribution in [0.2, 0.25) is 0 Å². The van der Waals surface area contributed by atoms with Crippen molar-refractivity contribution >= 4 is 5.97 Å². The average molecular weight is 553 g/mol. The Morgan fingerprint density at radius 3 is 1.31 bits per heavy atom. The first-order valence-corrected chi connectivity index (χ1v) is 12.1. The minimum Gasteiger partial charge on any atom is -0.493 e. The molecular weight excluding hydrogens is 516 g/mol. The first-order valence-electron chi connectivity index (χ1n) is 12.1. The van der Waals surface area contributed by atoms with Crippen LogP contribution in [0.4, 0.5) is 0 Å². The molecule has 0 spiro atoms. The van der Waals surface area contributed by atoms with E-state index < -0.39 is 29.9 Å². The fourth-order valence-corrected chi connectivity index (χ4v) is 4.56. The molecular formula is C27H36O12. The van der Waals surface area contributed by atoms with Crippen LogP contribution in [-0.4, -0.2) is 87.9 Å². The molecule has 3 rings (SSSR count). The summed E-state index contributed by atoms with van der Waals surface area (Å²) in [4.78, 5) is 12.0. The van der Waals surface area contributed by atoms with E-state index in [0.717, 1.165) is 0 Å². The Bertz CT molecular complexity index is 1010. The van der Waals surface area contributed by atoms with Crippen molar-refractivity contribution in [1.82, 2.24) is 0 Å². The molecule has 12 nitrogen and oxygen atoms in total. The summed E-state index contributed by atoms with van der Waals surface area (Å²) in [6.07, 6.45) is -4.00. The fraction of sp³-hybridized carbons (Fsp3) is 0.519. The molecule has 12 heteroatoms. The van der Waals surface area contributed by atoms with Gasteiger partial charge < -0.3 is 53.2 Å². The Labute approximate surface area is 226 Å². The molecule has 0 aromatic heterocycles. The number of ether oxygens (including phenoxy) is 8. The highest BCUT2D eigenvalue weighted by molar-refractivity contribution is 5.77. The summed E-state index contributed by atoms with van der Waals surface area (Å²) in [7, 11) is 8.90. The van der Waals surface area contributed by atoms with Crippen molar-refractivity contribution in [3.8, 4) is 34.5 Å². The third-order valence-electron chi connectivity index (χ3n) is 6.61. The zero-order valence-corrected chi connectivity index (χ0v) is 22.9. The highest BCUT2D eigenvalue weighted by Crippen LogP contribution is 2.40. The molecule has 2 atom stereocenters. The van der Waals surface area contributed by atoms with Crippen LogP contribution in [0.25, 0.3) is 0 Å². The summed E-state index contributed by atoms with van der Waals surface area (Å²) in [6.45, 7) is -0.0680. The zero-order valence-electron chi connectivity index (χ0n) is 22.9. The maximum Gasteiger partial charge on any atom is 0.335 e. The molecule has 0 unspecified atom stereocenters. The van der Waals surface area contributed by atoms with Gasteiger partial charge in [-0.3, -0.25) is 0 Å². The van der Waals surface area contributed by atoms with Gasteiger partial charge in [0.15, 0.2) is 28.6 Å². The second-order valence-corrected chi connectivity index (χ2v) is 9.00. The van der Waals surface area contributed by atoms with E-state index in [2.05, 4.69) is 0 Å². The Balaban J connectivity index is 1.80. The smallest absolute Gasteiger partial charge is 0.335 e. The van der Waals surface area contributed by atoms with Crippen LogP contribution in [0, 0.1) is 0 Å². The highest BCUT2D eigenvalue weighted by Gasteiger charge is 2.50. The molecule has 1 aliphatic carbocycles. The van der Waals surface area contributed by atoms with Crippen LogP contribution in [-0.2, 0) is 27.5 Å². The van der Waals surface area contributed by atoms with Gasteiger partial charge in [0.2, 0.25) is 11.5 Å². The highest BCUT2D eigenvalue weighted by atomic mass is 16.5. The summed E-state index contributed by atoms with van der Waals surface area (Å²) in [5.41, 5.74) is -0.925. The quantitative estimate of drug-likeness (QED) is 0.334. The second-order valence-electron chi connectivity index (χ2n) is 9.00. The number of methoxy groups -OCH3 is 6. The van der Waals surface area contributed by atoms with Gasteiger partial charge in [-0.1, -0.05) is 0 Å². The number of rotatable bonds is 13. The molecule has 1 aliphatic rings. The van der Waals surface area contributed by atoms with Crippen molar-refractivity contribution in [2.45, 2.75) is 50.0 Å². The number of hydrogen-bond acceptors (Lipinski definition) is 11. The minimum absolute atomic E-state index is 0.0340. The summed E-state index contributed by atoms with van der Waals surface area (Å²) in [5, 5.41) is 31.7. The molecule has 0 amide bonds. The molecule has 0 saturated heterocycles. The Kier molecular flexibility index (Phi) is 10.1. The average Bonchev–Trinajstić information content (AvgIpc) is 2.95. The van der Waals surface area contributed by atoms with E-state index in [9.17, 15) is 20.1 Å². The SMILES string of the molecule is COc1cc(CO[C@@H]2CC(O)(C(=O)O)C[C@@H](OCc3cc(OC)c(OC)c(OC)c3)C2O)cc(OC)c1OC. The van der Waals surface area contributed by atoms with E-state index in [4.69, 9.17) is 37.9 Å². The van der Waals surface area contributed by atoms with Gasteiger partial charge in [0.25, 0.3) is 0 Å². The number of aliphatic carboxylic acids is 1. The minimum atomic E-state index is -2.17. The van der Waals surface area contributed by atoms with E-state index >= 15 is 0 Å². The largest absolute Gasteiger partial charge is 0.493 e. The lowest BCUT2D eigenvalue weighted by Crippen LogP contribution is -2.57. The van der Waals surface area contributed by atoms with Gasteiger partial charge in [-0.05, 0) is 35.4 Å². The van der Waals surface area contributed by atoms with Gasteiger partial charge in [-0.25, -0.2) is 4.79 Å².